The molecule has 4 heterocycles. The van der Waals surface area contributed by atoms with Gasteiger partial charge in [0.2, 0.25) is 0 Å². The van der Waals surface area contributed by atoms with E-state index in [2.05, 4.69) is 15.4 Å². The number of carbonyl (C=O) groups excluding carboxylic acids is 1. The van der Waals surface area contributed by atoms with Crippen molar-refractivity contribution in [2.24, 2.45) is 13.0 Å². The second kappa shape index (κ2) is 7.72. The summed E-state index contributed by atoms with van der Waals surface area (Å²) >= 11 is 0. The summed E-state index contributed by atoms with van der Waals surface area (Å²) in [7, 11) is 1.89. The number of amides is 1. The van der Waals surface area contributed by atoms with Crippen molar-refractivity contribution in [1.29, 1.82) is 0 Å². The predicted octanol–water partition coefficient (Wildman–Crippen LogP) is 3.09. The highest BCUT2D eigenvalue weighted by molar-refractivity contribution is 6.04. The molecule has 5 rings (SSSR count). The zero-order chi connectivity index (χ0) is 20.6. The number of hydrogen-bond acceptors (Lipinski definition) is 5. The van der Waals surface area contributed by atoms with Gasteiger partial charge in [0, 0.05) is 49.5 Å². The first kappa shape index (κ1) is 19.1. The van der Waals surface area contributed by atoms with Gasteiger partial charge in [-0.3, -0.25) is 14.5 Å². The van der Waals surface area contributed by atoms with Crippen molar-refractivity contribution in [2.45, 2.75) is 24.9 Å². The Hall–Kier alpha value is -2.93. The maximum Gasteiger partial charge on any atom is 0.275 e. The summed E-state index contributed by atoms with van der Waals surface area (Å²) in [6.45, 7) is 2.99. The number of hydrogen-bond donors (Lipinski definition) is 1. The molecule has 2 saturated heterocycles. The van der Waals surface area contributed by atoms with Crippen LogP contribution in [0.2, 0.25) is 0 Å². The Morgan fingerprint density at radius 3 is 2.97 bits per heavy atom. The van der Waals surface area contributed by atoms with E-state index in [1.807, 2.05) is 48.3 Å². The predicted molar refractivity (Wildman–Crippen MR) is 115 cm³/mol. The summed E-state index contributed by atoms with van der Waals surface area (Å²) in [5.74, 6) is 0.441. The van der Waals surface area contributed by atoms with Gasteiger partial charge in [0.1, 0.15) is 0 Å². The average Bonchev–Trinajstić information content (AvgIpc) is 3.33. The fourth-order valence-electron chi connectivity index (χ4n) is 4.88. The number of rotatable bonds is 4. The number of pyridine rings is 1. The van der Waals surface area contributed by atoms with Crippen LogP contribution in [0.4, 0.5) is 5.69 Å². The number of ether oxygens (including phenoxy) is 1. The smallest absolute Gasteiger partial charge is 0.275 e. The number of benzene rings is 1. The first-order chi connectivity index (χ1) is 14.6. The van der Waals surface area contributed by atoms with Crippen molar-refractivity contribution in [3.8, 4) is 0 Å². The molecule has 0 aliphatic carbocycles. The van der Waals surface area contributed by atoms with Crippen molar-refractivity contribution in [2.75, 3.05) is 31.6 Å². The Morgan fingerprint density at radius 2 is 2.10 bits per heavy atom. The van der Waals surface area contributed by atoms with Gasteiger partial charge in [0.15, 0.2) is 5.69 Å². The lowest BCUT2D eigenvalue weighted by Gasteiger charge is -2.39. The van der Waals surface area contributed by atoms with Gasteiger partial charge in [0.05, 0.1) is 24.3 Å². The molecule has 2 fully saturated rings. The van der Waals surface area contributed by atoms with E-state index in [1.54, 1.807) is 17.1 Å². The molecule has 3 aromatic rings. The molecular formula is C23H27N5O2. The third-order valence-corrected chi connectivity index (χ3v) is 6.35. The van der Waals surface area contributed by atoms with Crippen LogP contribution in [0.15, 0.2) is 48.8 Å². The molecular weight excluding hydrogens is 378 g/mol. The molecule has 156 valence electrons. The van der Waals surface area contributed by atoms with Crippen LogP contribution in [-0.2, 0) is 11.8 Å². The van der Waals surface area contributed by atoms with Crippen molar-refractivity contribution in [3.05, 3.63) is 54.5 Å². The van der Waals surface area contributed by atoms with E-state index in [0.717, 1.165) is 55.5 Å². The van der Waals surface area contributed by atoms with Gasteiger partial charge in [-0.1, -0.05) is 18.2 Å². The topological polar surface area (TPSA) is 72.3 Å². The molecule has 1 spiro atoms. The normalized spacial score (nSPS) is 23.9. The van der Waals surface area contributed by atoms with Gasteiger partial charge in [-0.15, -0.1) is 0 Å². The fraction of sp³-hybridized carbons (Fsp3) is 0.435. The number of nitrogens with one attached hydrogen (secondary N) is 1. The van der Waals surface area contributed by atoms with E-state index >= 15 is 0 Å². The molecule has 7 nitrogen and oxygen atoms in total. The summed E-state index contributed by atoms with van der Waals surface area (Å²) in [4.78, 5) is 19.3. The number of fused-ring (bicyclic) bond motifs is 1. The molecule has 2 atom stereocenters. The number of carbonyl (C=O) groups is 1. The lowest BCUT2D eigenvalue weighted by molar-refractivity contribution is -0.0450. The van der Waals surface area contributed by atoms with Crippen LogP contribution >= 0.6 is 0 Å². The Bertz CT molecular complexity index is 1050. The minimum Gasteiger partial charge on any atom is -0.385 e. The third-order valence-electron chi connectivity index (χ3n) is 6.35. The third kappa shape index (κ3) is 3.54. The highest BCUT2D eigenvalue weighted by Crippen LogP contribution is 2.38. The Kier molecular flexibility index (Phi) is 4.90. The average molecular weight is 406 g/mol. The van der Waals surface area contributed by atoms with Crippen molar-refractivity contribution in [1.82, 2.24) is 19.7 Å². The molecule has 2 unspecified atom stereocenters. The van der Waals surface area contributed by atoms with Crippen molar-refractivity contribution in [3.63, 3.8) is 0 Å². The largest absolute Gasteiger partial charge is 0.385 e. The summed E-state index contributed by atoms with van der Waals surface area (Å²) < 4.78 is 8.11. The standard InChI is InChI=1S/C23H27N5O2/c1-27-20-6-3-2-5-19(20)21(26-27)22(29)28-12-4-9-23(16-28)13-17(15-30-23)14-25-18-7-10-24-11-8-18/h2-3,5-8,10-11,17H,4,9,12-16H2,1H3,(H,24,25). The molecule has 2 aromatic heterocycles. The zero-order valence-corrected chi connectivity index (χ0v) is 17.3. The lowest BCUT2D eigenvalue weighted by Crippen LogP contribution is -2.50. The van der Waals surface area contributed by atoms with Crippen LogP contribution in [0, 0.1) is 5.92 Å². The highest BCUT2D eigenvalue weighted by Gasteiger charge is 2.44. The van der Waals surface area contributed by atoms with Crippen LogP contribution in [0.1, 0.15) is 29.8 Å². The molecule has 2 aliphatic rings. The number of likely N-dealkylation sites (tertiary alicyclic amines) is 1. The van der Waals surface area contributed by atoms with Gasteiger partial charge in [0.25, 0.3) is 5.91 Å². The second-order valence-electron chi connectivity index (χ2n) is 8.50. The second-order valence-corrected chi connectivity index (χ2v) is 8.50. The van der Waals surface area contributed by atoms with Gasteiger partial charge < -0.3 is 15.0 Å². The SMILES string of the molecule is Cn1nc(C(=O)N2CCCC3(CC(CNc4ccncc4)CO3)C2)c2ccccc21. The van der Waals surface area contributed by atoms with Gasteiger partial charge in [-0.2, -0.15) is 5.10 Å². The zero-order valence-electron chi connectivity index (χ0n) is 17.3. The number of piperidine rings is 1. The van der Waals surface area contributed by atoms with Crippen LogP contribution < -0.4 is 5.32 Å². The molecule has 1 amide bonds. The van der Waals surface area contributed by atoms with Crippen molar-refractivity contribution < 1.29 is 9.53 Å². The minimum absolute atomic E-state index is 0.00726. The fourth-order valence-corrected chi connectivity index (χ4v) is 4.88. The summed E-state index contributed by atoms with van der Waals surface area (Å²) in [6, 6.07) is 11.9. The van der Waals surface area contributed by atoms with Crippen molar-refractivity contribution >= 4 is 22.5 Å². The number of para-hydroxylation sites is 1. The molecule has 30 heavy (non-hydrogen) atoms. The Labute approximate surface area is 176 Å². The van der Waals surface area contributed by atoms with E-state index in [1.165, 1.54) is 0 Å². The first-order valence-corrected chi connectivity index (χ1v) is 10.6. The summed E-state index contributed by atoms with van der Waals surface area (Å²) in [5, 5.41) is 8.92. The molecule has 7 heteroatoms. The molecule has 1 aromatic carbocycles. The quantitative estimate of drug-likeness (QED) is 0.722. The minimum atomic E-state index is -0.233. The summed E-state index contributed by atoms with van der Waals surface area (Å²) in [6.07, 6.45) is 6.52. The maximum atomic E-state index is 13.3. The number of aryl methyl sites for hydroxylation is 1. The molecule has 1 N–H and O–H groups in total. The Morgan fingerprint density at radius 1 is 1.27 bits per heavy atom. The van der Waals surface area contributed by atoms with Gasteiger partial charge >= 0.3 is 0 Å². The summed E-state index contributed by atoms with van der Waals surface area (Å²) in [5.41, 5.74) is 2.36. The van der Waals surface area contributed by atoms with E-state index in [-0.39, 0.29) is 11.5 Å². The van der Waals surface area contributed by atoms with Gasteiger partial charge in [-0.05, 0) is 37.5 Å². The van der Waals surface area contributed by atoms with Crippen LogP contribution in [0.5, 0.6) is 0 Å². The number of anilines is 1. The van der Waals surface area contributed by atoms with E-state index in [4.69, 9.17) is 4.74 Å². The van der Waals surface area contributed by atoms with Crippen LogP contribution in [0.25, 0.3) is 10.9 Å². The molecule has 0 saturated carbocycles. The van der Waals surface area contributed by atoms with Crippen LogP contribution in [-0.4, -0.2) is 57.4 Å². The molecule has 2 aliphatic heterocycles. The highest BCUT2D eigenvalue weighted by atomic mass is 16.5. The lowest BCUT2D eigenvalue weighted by atomic mass is 9.86. The monoisotopic (exact) mass is 405 g/mol. The van der Waals surface area contributed by atoms with E-state index in [9.17, 15) is 4.79 Å². The Balaban J connectivity index is 1.27. The number of aromatic nitrogens is 3. The molecule has 0 radical (unpaired) electrons. The maximum absolute atomic E-state index is 13.3. The first-order valence-electron chi connectivity index (χ1n) is 10.6. The van der Waals surface area contributed by atoms with E-state index in [0.29, 0.717) is 18.2 Å². The van der Waals surface area contributed by atoms with Gasteiger partial charge in [-0.25, -0.2) is 0 Å². The molecule has 0 bridgehead atoms. The number of nitrogens with zero attached hydrogens (tertiary/aromatic N) is 4. The van der Waals surface area contributed by atoms with E-state index < -0.39 is 0 Å². The van der Waals surface area contributed by atoms with Crippen LogP contribution in [0.3, 0.4) is 0 Å².